The molecule has 0 spiro atoms. The summed E-state index contributed by atoms with van der Waals surface area (Å²) < 4.78 is 78.4. The summed E-state index contributed by atoms with van der Waals surface area (Å²) in [5.74, 6) is -1.24. The Bertz CT molecular complexity index is 1270. The monoisotopic (exact) mass is 528 g/mol. The molecular formula is C23H28O10S2. The number of fused-ring (bicyclic) bond motifs is 1. The van der Waals surface area contributed by atoms with E-state index in [2.05, 4.69) is 0 Å². The molecule has 2 aliphatic heterocycles. The van der Waals surface area contributed by atoms with Crippen molar-refractivity contribution in [3.63, 3.8) is 0 Å². The summed E-state index contributed by atoms with van der Waals surface area (Å²) in [5.41, 5.74) is 0.0263. The van der Waals surface area contributed by atoms with E-state index < -0.39 is 63.3 Å². The highest BCUT2D eigenvalue weighted by Gasteiger charge is 2.66. The molecule has 10 nitrogen and oxygen atoms in total. The summed E-state index contributed by atoms with van der Waals surface area (Å²) in [5, 5.41) is 10.7. The van der Waals surface area contributed by atoms with Crippen LogP contribution in [-0.2, 0) is 42.8 Å². The van der Waals surface area contributed by atoms with Crippen LogP contribution in [0.1, 0.15) is 25.0 Å². The van der Waals surface area contributed by atoms with Gasteiger partial charge in [-0.25, -0.2) is 0 Å². The van der Waals surface area contributed by atoms with Crippen molar-refractivity contribution >= 4 is 20.2 Å². The fourth-order valence-electron chi connectivity index (χ4n) is 4.06. The Balaban J connectivity index is 1.52. The van der Waals surface area contributed by atoms with E-state index in [1.54, 1.807) is 38.1 Å². The number of benzene rings is 2. The van der Waals surface area contributed by atoms with Gasteiger partial charge in [-0.15, -0.1) is 0 Å². The Labute approximate surface area is 205 Å². The number of aliphatic hydroxyl groups excluding tert-OH is 1. The second-order valence-electron chi connectivity index (χ2n) is 9.10. The zero-order valence-corrected chi connectivity index (χ0v) is 21.3. The predicted octanol–water partition coefficient (Wildman–Crippen LogP) is 2.02. The molecule has 0 aromatic heterocycles. The zero-order valence-electron chi connectivity index (χ0n) is 19.7. The van der Waals surface area contributed by atoms with Crippen molar-refractivity contribution in [2.45, 2.75) is 67.4 Å². The molecule has 2 aromatic carbocycles. The van der Waals surface area contributed by atoms with Gasteiger partial charge in [0.05, 0.1) is 16.4 Å². The van der Waals surface area contributed by atoms with Gasteiger partial charge >= 0.3 is 0 Å². The van der Waals surface area contributed by atoms with Gasteiger partial charge in [-0.05, 0) is 52.0 Å². The number of rotatable bonds is 8. The Hall–Kier alpha value is -1.90. The van der Waals surface area contributed by atoms with E-state index in [1.807, 2.05) is 13.8 Å². The highest BCUT2D eigenvalue weighted by atomic mass is 32.2. The van der Waals surface area contributed by atoms with Gasteiger partial charge in [-0.2, -0.15) is 16.8 Å². The first kappa shape index (κ1) is 26.2. The van der Waals surface area contributed by atoms with E-state index in [1.165, 1.54) is 24.3 Å². The number of ether oxygens (including phenoxy) is 3. The third-order valence-corrected chi connectivity index (χ3v) is 8.41. The highest BCUT2D eigenvalue weighted by Crippen LogP contribution is 2.47. The quantitative estimate of drug-likeness (QED) is 0.507. The molecule has 12 heteroatoms. The number of hydrogen-bond donors (Lipinski definition) is 1. The standard InChI is InChI=1S/C23H28O10S2/c1-15-5-9-17(10-6-15)34(25,26)29-13-19-20-23(21(24)31-19,33-22(3,4)32-20)14-30-35(27,28)18-11-7-16(2)8-12-18/h5-12,19-21,24H,13-14H2,1-4H3/t19-,20-,21?,23-/m1/s1. The third-order valence-electron chi connectivity index (χ3n) is 5.83. The van der Waals surface area contributed by atoms with Gasteiger partial charge in [0.25, 0.3) is 20.2 Å². The molecule has 0 bridgehead atoms. The molecule has 0 amide bonds. The molecular weight excluding hydrogens is 500 g/mol. The maximum atomic E-state index is 12.7. The largest absolute Gasteiger partial charge is 0.365 e. The predicted molar refractivity (Wildman–Crippen MR) is 122 cm³/mol. The summed E-state index contributed by atoms with van der Waals surface area (Å²) in [7, 11) is -8.31. The molecule has 2 aliphatic rings. The SMILES string of the molecule is Cc1ccc(S(=O)(=O)OC[C@H]2OC(O)[C@]3(COS(=O)(=O)c4ccc(C)cc4)OC(C)(C)O[C@H]23)cc1. The van der Waals surface area contributed by atoms with E-state index in [0.29, 0.717) is 0 Å². The van der Waals surface area contributed by atoms with Crippen LogP contribution >= 0.6 is 0 Å². The first-order valence-electron chi connectivity index (χ1n) is 10.9. The average molecular weight is 529 g/mol. The maximum Gasteiger partial charge on any atom is 0.297 e. The third kappa shape index (κ3) is 5.30. The van der Waals surface area contributed by atoms with Gasteiger partial charge in [0, 0.05) is 0 Å². The van der Waals surface area contributed by atoms with Gasteiger partial charge in [0.2, 0.25) is 0 Å². The van der Waals surface area contributed by atoms with Crippen LogP contribution in [0.3, 0.4) is 0 Å². The summed E-state index contributed by atoms with van der Waals surface area (Å²) in [6.45, 7) is 5.68. The Morgan fingerprint density at radius 2 is 1.34 bits per heavy atom. The van der Waals surface area contributed by atoms with Crippen LogP contribution in [0.15, 0.2) is 58.3 Å². The first-order chi connectivity index (χ1) is 16.2. The Morgan fingerprint density at radius 3 is 1.86 bits per heavy atom. The van der Waals surface area contributed by atoms with Crippen molar-refractivity contribution in [2.75, 3.05) is 13.2 Å². The van der Waals surface area contributed by atoms with E-state index in [9.17, 15) is 21.9 Å². The van der Waals surface area contributed by atoms with Crippen molar-refractivity contribution in [1.29, 1.82) is 0 Å². The van der Waals surface area contributed by atoms with E-state index in [0.717, 1.165) is 11.1 Å². The maximum absolute atomic E-state index is 12.7. The van der Waals surface area contributed by atoms with Crippen LogP contribution in [0, 0.1) is 13.8 Å². The fraction of sp³-hybridized carbons (Fsp3) is 0.478. The molecule has 4 atom stereocenters. The normalized spacial score (nSPS) is 28.2. The molecule has 1 N–H and O–H groups in total. The number of aryl methyl sites for hydroxylation is 2. The van der Waals surface area contributed by atoms with Crippen molar-refractivity contribution in [2.24, 2.45) is 0 Å². The fourth-order valence-corrected chi connectivity index (χ4v) is 5.92. The Morgan fingerprint density at radius 1 is 0.857 bits per heavy atom. The summed E-state index contributed by atoms with van der Waals surface area (Å²) in [6.07, 6.45) is -3.83. The molecule has 0 aliphatic carbocycles. The second kappa shape index (κ2) is 9.20. The van der Waals surface area contributed by atoms with E-state index >= 15 is 0 Å². The molecule has 35 heavy (non-hydrogen) atoms. The molecule has 0 radical (unpaired) electrons. The molecule has 1 unspecified atom stereocenters. The van der Waals surface area contributed by atoms with Gasteiger partial charge in [0.1, 0.15) is 18.8 Å². The van der Waals surface area contributed by atoms with Gasteiger partial charge in [-0.3, -0.25) is 8.37 Å². The van der Waals surface area contributed by atoms with Crippen molar-refractivity contribution in [1.82, 2.24) is 0 Å². The molecule has 2 aromatic rings. The summed E-state index contributed by atoms with van der Waals surface area (Å²) >= 11 is 0. The van der Waals surface area contributed by atoms with Crippen LogP contribution in [0.25, 0.3) is 0 Å². The smallest absolute Gasteiger partial charge is 0.297 e. The first-order valence-corrected chi connectivity index (χ1v) is 13.7. The molecule has 2 fully saturated rings. The van der Waals surface area contributed by atoms with Crippen LogP contribution < -0.4 is 0 Å². The van der Waals surface area contributed by atoms with Gasteiger partial charge < -0.3 is 19.3 Å². The lowest BCUT2D eigenvalue weighted by Crippen LogP contribution is -2.51. The van der Waals surface area contributed by atoms with Crippen molar-refractivity contribution < 1.29 is 44.5 Å². The zero-order chi connectivity index (χ0) is 25.6. The average Bonchev–Trinajstić information content (AvgIpc) is 3.20. The van der Waals surface area contributed by atoms with Crippen molar-refractivity contribution in [3.8, 4) is 0 Å². The van der Waals surface area contributed by atoms with Gasteiger partial charge in [-0.1, -0.05) is 35.4 Å². The number of hydrogen-bond acceptors (Lipinski definition) is 10. The lowest BCUT2D eigenvalue weighted by molar-refractivity contribution is -0.252. The summed E-state index contributed by atoms with van der Waals surface area (Å²) in [6, 6.07) is 12.2. The summed E-state index contributed by atoms with van der Waals surface area (Å²) in [4.78, 5) is -0.101. The van der Waals surface area contributed by atoms with Crippen LogP contribution in [0.2, 0.25) is 0 Å². The lowest BCUT2D eigenvalue weighted by Gasteiger charge is -2.29. The van der Waals surface area contributed by atoms with Gasteiger partial charge in [0.15, 0.2) is 17.7 Å². The molecule has 2 saturated heterocycles. The topological polar surface area (TPSA) is 135 Å². The highest BCUT2D eigenvalue weighted by molar-refractivity contribution is 7.87. The molecule has 4 rings (SSSR count). The lowest BCUT2D eigenvalue weighted by atomic mass is 9.96. The minimum Gasteiger partial charge on any atom is -0.365 e. The molecule has 2 heterocycles. The van der Waals surface area contributed by atoms with Crippen molar-refractivity contribution in [3.05, 3.63) is 59.7 Å². The Kier molecular flexibility index (Phi) is 6.88. The minimum absolute atomic E-state index is 0.0376. The van der Waals surface area contributed by atoms with Crippen LogP contribution in [0.5, 0.6) is 0 Å². The van der Waals surface area contributed by atoms with E-state index in [4.69, 9.17) is 22.6 Å². The van der Waals surface area contributed by atoms with Crippen LogP contribution in [0.4, 0.5) is 0 Å². The minimum atomic E-state index is -4.19. The number of aliphatic hydroxyl groups is 1. The molecule has 0 saturated carbocycles. The molecule has 192 valence electrons. The second-order valence-corrected chi connectivity index (χ2v) is 12.3. The van der Waals surface area contributed by atoms with E-state index in [-0.39, 0.29) is 9.79 Å². The van der Waals surface area contributed by atoms with Crippen LogP contribution in [-0.4, -0.2) is 65.0 Å².